The van der Waals surface area contributed by atoms with E-state index in [0.29, 0.717) is 11.3 Å². The van der Waals surface area contributed by atoms with Crippen molar-refractivity contribution >= 4 is 23.0 Å². The summed E-state index contributed by atoms with van der Waals surface area (Å²) in [7, 11) is 0. The van der Waals surface area contributed by atoms with Crippen molar-refractivity contribution in [2.75, 3.05) is 5.32 Å². The van der Waals surface area contributed by atoms with Crippen LogP contribution in [0.3, 0.4) is 0 Å². The summed E-state index contributed by atoms with van der Waals surface area (Å²) in [6, 6.07) is 9.76. The highest BCUT2D eigenvalue weighted by Gasteiger charge is 2.20. The summed E-state index contributed by atoms with van der Waals surface area (Å²) >= 11 is 0. The first-order valence-electron chi connectivity index (χ1n) is 8.26. The van der Waals surface area contributed by atoms with E-state index in [1.807, 2.05) is 6.92 Å². The Morgan fingerprint density at radius 2 is 1.63 bits per heavy atom. The number of anilines is 1. The Kier molecular flexibility index (Phi) is 6.19. The van der Waals surface area contributed by atoms with Crippen molar-refractivity contribution in [3.05, 3.63) is 73.8 Å². The van der Waals surface area contributed by atoms with E-state index in [2.05, 4.69) is 10.6 Å². The summed E-state index contributed by atoms with van der Waals surface area (Å²) in [5.41, 5.74) is 1.50. The third kappa shape index (κ3) is 4.85. The van der Waals surface area contributed by atoms with Crippen LogP contribution in [0.2, 0.25) is 0 Å². The standard InChI is InChI=1S/C18H20N4O5/c1-11-16(5-4-6-17(11)22(26)27)20-18(23)13(3)19-12(2)14-7-9-15(10-8-14)21(24)25/h4-10,12-13,19H,1-3H3,(H,20,23)/t12-,13?/m0/s1. The Labute approximate surface area is 155 Å². The monoisotopic (exact) mass is 372 g/mol. The molecule has 0 aromatic heterocycles. The second-order valence-corrected chi connectivity index (χ2v) is 6.15. The number of nitro groups is 2. The number of nitro benzene ring substituents is 2. The fourth-order valence-electron chi connectivity index (χ4n) is 2.63. The molecule has 0 bridgehead atoms. The summed E-state index contributed by atoms with van der Waals surface area (Å²) in [6.45, 7) is 5.08. The predicted molar refractivity (Wildman–Crippen MR) is 101 cm³/mol. The van der Waals surface area contributed by atoms with Crippen molar-refractivity contribution in [3.63, 3.8) is 0 Å². The van der Waals surface area contributed by atoms with Crippen LogP contribution in [-0.4, -0.2) is 21.8 Å². The smallest absolute Gasteiger partial charge is 0.274 e. The lowest BCUT2D eigenvalue weighted by Gasteiger charge is -2.20. The maximum atomic E-state index is 12.4. The van der Waals surface area contributed by atoms with Gasteiger partial charge in [-0.2, -0.15) is 0 Å². The van der Waals surface area contributed by atoms with Crippen molar-refractivity contribution in [3.8, 4) is 0 Å². The van der Waals surface area contributed by atoms with Gasteiger partial charge in [-0.1, -0.05) is 18.2 Å². The zero-order valence-electron chi connectivity index (χ0n) is 15.1. The van der Waals surface area contributed by atoms with Gasteiger partial charge in [-0.05, 0) is 32.4 Å². The van der Waals surface area contributed by atoms with E-state index in [1.165, 1.54) is 24.3 Å². The molecule has 0 aliphatic carbocycles. The zero-order valence-corrected chi connectivity index (χ0v) is 15.1. The average Bonchev–Trinajstić information content (AvgIpc) is 2.63. The third-order valence-corrected chi connectivity index (χ3v) is 4.26. The van der Waals surface area contributed by atoms with Crippen molar-refractivity contribution in [2.45, 2.75) is 32.9 Å². The van der Waals surface area contributed by atoms with E-state index in [-0.39, 0.29) is 23.3 Å². The van der Waals surface area contributed by atoms with E-state index in [9.17, 15) is 25.0 Å². The normalized spacial score (nSPS) is 12.9. The number of hydrogen-bond donors (Lipinski definition) is 2. The first-order chi connectivity index (χ1) is 12.7. The number of hydrogen-bond acceptors (Lipinski definition) is 6. The molecular weight excluding hydrogens is 352 g/mol. The highest BCUT2D eigenvalue weighted by molar-refractivity contribution is 5.95. The minimum absolute atomic E-state index is 0.00195. The van der Waals surface area contributed by atoms with Gasteiger partial charge < -0.3 is 5.32 Å². The van der Waals surface area contributed by atoms with E-state index in [4.69, 9.17) is 0 Å². The molecule has 9 heteroatoms. The molecule has 2 aromatic carbocycles. The minimum atomic E-state index is -0.589. The second kappa shape index (κ2) is 8.37. The lowest BCUT2D eigenvalue weighted by atomic mass is 10.1. The van der Waals surface area contributed by atoms with Gasteiger partial charge in [-0.15, -0.1) is 0 Å². The number of rotatable bonds is 7. The van der Waals surface area contributed by atoms with Crippen LogP contribution in [0.1, 0.15) is 31.0 Å². The number of nitrogens with one attached hydrogen (secondary N) is 2. The molecule has 0 heterocycles. The first kappa shape index (κ1) is 20.0. The number of carbonyl (C=O) groups excluding carboxylic acids is 1. The molecule has 2 rings (SSSR count). The quantitative estimate of drug-likeness (QED) is 0.566. The fraction of sp³-hybridized carbons (Fsp3) is 0.278. The molecule has 2 aromatic rings. The Morgan fingerprint density at radius 3 is 2.19 bits per heavy atom. The second-order valence-electron chi connectivity index (χ2n) is 6.15. The Bertz CT molecular complexity index is 867. The van der Waals surface area contributed by atoms with Gasteiger partial charge in [0, 0.05) is 24.2 Å². The van der Waals surface area contributed by atoms with E-state index in [1.54, 1.807) is 32.0 Å². The Balaban J connectivity index is 2.04. The number of nitrogens with zero attached hydrogens (tertiary/aromatic N) is 2. The van der Waals surface area contributed by atoms with E-state index >= 15 is 0 Å². The molecule has 0 saturated heterocycles. The molecule has 2 N–H and O–H groups in total. The van der Waals surface area contributed by atoms with Crippen LogP contribution in [0.5, 0.6) is 0 Å². The van der Waals surface area contributed by atoms with Crippen LogP contribution >= 0.6 is 0 Å². The van der Waals surface area contributed by atoms with Crippen molar-refractivity contribution in [1.82, 2.24) is 5.32 Å². The largest absolute Gasteiger partial charge is 0.324 e. The van der Waals surface area contributed by atoms with Gasteiger partial charge in [0.15, 0.2) is 0 Å². The van der Waals surface area contributed by atoms with E-state index < -0.39 is 15.9 Å². The van der Waals surface area contributed by atoms with Gasteiger partial charge >= 0.3 is 0 Å². The number of amides is 1. The maximum Gasteiger partial charge on any atom is 0.274 e. The van der Waals surface area contributed by atoms with Gasteiger partial charge in [0.25, 0.3) is 11.4 Å². The lowest BCUT2D eigenvalue weighted by Crippen LogP contribution is -2.39. The van der Waals surface area contributed by atoms with Gasteiger partial charge in [0.05, 0.1) is 27.1 Å². The van der Waals surface area contributed by atoms with Crippen molar-refractivity contribution in [1.29, 1.82) is 0 Å². The first-order valence-corrected chi connectivity index (χ1v) is 8.26. The zero-order chi connectivity index (χ0) is 20.1. The molecule has 0 saturated carbocycles. The molecular formula is C18H20N4O5. The molecule has 9 nitrogen and oxygen atoms in total. The SMILES string of the molecule is Cc1c(NC(=O)C(C)N[C@@H](C)c2ccc([N+](=O)[O-])cc2)cccc1[N+](=O)[O-]. The van der Waals surface area contributed by atoms with Gasteiger partial charge in [0.1, 0.15) is 0 Å². The van der Waals surface area contributed by atoms with Gasteiger partial charge in [-0.3, -0.25) is 30.3 Å². The summed E-state index contributed by atoms with van der Waals surface area (Å²) < 4.78 is 0. The number of non-ortho nitro benzene ring substituents is 1. The van der Waals surface area contributed by atoms with Crippen LogP contribution < -0.4 is 10.6 Å². The topological polar surface area (TPSA) is 127 Å². The van der Waals surface area contributed by atoms with Crippen LogP contribution in [-0.2, 0) is 4.79 Å². The molecule has 0 radical (unpaired) electrons. The molecule has 0 aliphatic heterocycles. The minimum Gasteiger partial charge on any atom is -0.324 e. The summed E-state index contributed by atoms with van der Waals surface area (Å²) in [5, 5.41) is 27.5. The predicted octanol–water partition coefficient (Wildman–Crippen LogP) is 3.49. The molecule has 27 heavy (non-hydrogen) atoms. The number of carbonyl (C=O) groups is 1. The highest BCUT2D eigenvalue weighted by atomic mass is 16.6. The molecule has 1 amide bonds. The van der Waals surface area contributed by atoms with E-state index in [0.717, 1.165) is 5.56 Å². The summed E-state index contributed by atoms with van der Waals surface area (Å²) in [4.78, 5) is 33.2. The molecule has 0 fully saturated rings. The lowest BCUT2D eigenvalue weighted by molar-refractivity contribution is -0.385. The van der Waals surface area contributed by atoms with Crippen molar-refractivity contribution in [2.24, 2.45) is 0 Å². The Hall–Kier alpha value is -3.33. The molecule has 0 aliphatic rings. The number of benzene rings is 2. The van der Waals surface area contributed by atoms with Gasteiger partial charge in [0.2, 0.25) is 5.91 Å². The van der Waals surface area contributed by atoms with Crippen LogP contribution in [0.4, 0.5) is 17.1 Å². The average molecular weight is 372 g/mol. The molecule has 1 unspecified atom stereocenters. The summed E-state index contributed by atoms with van der Waals surface area (Å²) in [6.07, 6.45) is 0. The maximum absolute atomic E-state index is 12.4. The van der Waals surface area contributed by atoms with Crippen LogP contribution in [0, 0.1) is 27.2 Å². The highest BCUT2D eigenvalue weighted by Crippen LogP contribution is 2.25. The molecule has 0 spiro atoms. The van der Waals surface area contributed by atoms with Crippen LogP contribution in [0.15, 0.2) is 42.5 Å². The van der Waals surface area contributed by atoms with Gasteiger partial charge in [-0.25, -0.2) is 0 Å². The summed E-state index contributed by atoms with van der Waals surface area (Å²) in [5.74, 6) is -0.340. The Morgan fingerprint density at radius 1 is 1.00 bits per heavy atom. The third-order valence-electron chi connectivity index (χ3n) is 4.26. The van der Waals surface area contributed by atoms with Crippen molar-refractivity contribution < 1.29 is 14.6 Å². The van der Waals surface area contributed by atoms with Crippen LogP contribution in [0.25, 0.3) is 0 Å². The fourth-order valence-corrected chi connectivity index (χ4v) is 2.63. The molecule has 142 valence electrons. The molecule has 2 atom stereocenters.